The Labute approximate surface area is 96.2 Å². The van der Waals surface area contributed by atoms with E-state index in [0.29, 0.717) is 0 Å². The second-order valence-electron chi connectivity index (χ2n) is 3.38. The number of aryl methyl sites for hydroxylation is 1. The van der Waals surface area contributed by atoms with Gasteiger partial charge in [-0.1, -0.05) is 31.2 Å². The van der Waals surface area contributed by atoms with Crippen LogP contribution in [0.15, 0.2) is 36.8 Å². The third kappa shape index (κ3) is 2.83. The van der Waals surface area contributed by atoms with Gasteiger partial charge in [-0.25, -0.2) is 4.98 Å². The Bertz CT molecular complexity index is 396. The molecule has 0 unspecified atom stereocenters. The van der Waals surface area contributed by atoms with Crippen LogP contribution in [0.25, 0.3) is 0 Å². The normalized spacial score (nSPS) is 9.67. The number of aromatic nitrogens is 2. The largest absolute Gasteiger partial charge is 0.348 e. The van der Waals surface area contributed by atoms with Gasteiger partial charge in [0, 0.05) is 18.3 Å². The number of H-pyrrole nitrogens is 1. The van der Waals surface area contributed by atoms with Gasteiger partial charge in [-0.2, -0.15) is 0 Å². The summed E-state index contributed by atoms with van der Waals surface area (Å²) in [6, 6.07) is 8.55. The number of rotatable bonds is 3. The Hall–Kier alpha value is -1.28. The van der Waals surface area contributed by atoms with Crippen LogP contribution in [0.3, 0.4) is 0 Å². The Kier molecular flexibility index (Phi) is 4.37. The molecule has 15 heavy (non-hydrogen) atoms. The molecule has 0 aliphatic heterocycles. The van der Waals surface area contributed by atoms with Crippen LogP contribution in [0.2, 0.25) is 0 Å². The van der Waals surface area contributed by atoms with Crippen molar-refractivity contribution in [2.75, 3.05) is 0 Å². The minimum Gasteiger partial charge on any atom is -0.348 e. The maximum absolute atomic E-state index is 4.02. The summed E-state index contributed by atoms with van der Waals surface area (Å²) >= 11 is 0. The summed E-state index contributed by atoms with van der Waals surface area (Å²) in [7, 11) is 0. The van der Waals surface area contributed by atoms with Crippen molar-refractivity contribution in [1.29, 1.82) is 0 Å². The van der Waals surface area contributed by atoms with Crippen LogP contribution < -0.4 is 0 Å². The fraction of sp³-hybridized carbons (Fsp3) is 0.250. The number of imidazole rings is 1. The van der Waals surface area contributed by atoms with E-state index in [0.717, 1.165) is 12.8 Å². The van der Waals surface area contributed by atoms with E-state index in [2.05, 4.69) is 41.2 Å². The van der Waals surface area contributed by atoms with E-state index in [1.165, 1.54) is 16.8 Å². The van der Waals surface area contributed by atoms with Crippen molar-refractivity contribution in [2.24, 2.45) is 0 Å². The fourth-order valence-electron chi connectivity index (χ4n) is 1.66. The van der Waals surface area contributed by atoms with Gasteiger partial charge in [0.1, 0.15) is 0 Å². The molecule has 2 rings (SSSR count). The van der Waals surface area contributed by atoms with Gasteiger partial charge in [0.05, 0.1) is 6.33 Å². The standard InChI is InChI=1S/C12H14N2.ClH/c1-2-10-5-3-4-6-11(10)7-12-8-13-9-14-12;/h3-6,8-9H,2,7H2,1H3,(H,13,14);1H. The van der Waals surface area contributed by atoms with Crippen molar-refractivity contribution >= 4 is 12.4 Å². The molecule has 1 N–H and O–H groups in total. The summed E-state index contributed by atoms with van der Waals surface area (Å²) in [5.74, 6) is 0. The maximum Gasteiger partial charge on any atom is 0.0921 e. The molecule has 3 heteroatoms. The summed E-state index contributed by atoms with van der Waals surface area (Å²) in [4.78, 5) is 7.14. The zero-order chi connectivity index (χ0) is 9.80. The highest BCUT2D eigenvalue weighted by atomic mass is 35.5. The number of halogens is 1. The molecular formula is C12H15ClN2. The molecule has 2 nitrogen and oxygen atoms in total. The second kappa shape index (κ2) is 5.56. The highest BCUT2D eigenvalue weighted by molar-refractivity contribution is 5.85. The van der Waals surface area contributed by atoms with Crippen LogP contribution in [0.5, 0.6) is 0 Å². The quantitative estimate of drug-likeness (QED) is 0.850. The van der Waals surface area contributed by atoms with Gasteiger partial charge in [-0.3, -0.25) is 0 Å². The van der Waals surface area contributed by atoms with E-state index >= 15 is 0 Å². The SMILES string of the molecule is CCc1ccccc1Cc1cnc[nH]1.Cl. The fourth-order valence-corrected chi connectivity index (χ4v) is 1.66. The van der Waals surface area contributed by atoms with Gasteiger partial charge in [-0.15, -0.1) is 12.4 Å². The lowest BCUT2D eigenvalue weighted by molar-refractivity contribution is 1.03. The zero-order valence-electron chi connectivity index (χ0n) is 8.73. The Morgan fingerprint density at radius 3 is 2.53 bits per heavy atom. The van der Waals surface area contributed by atoms with Crippen molar-refractivity contribution in [3.63, 3.8) is 0 Å². The van der Waals surface area contributed by atoms with Gasteiger partial charge < -0.3 is 4.98 Å². The molecule has 0 saturated heterocycles. The van der Waals surface area contributed by atoms with Crippen molar-refractivity contribution in [3.05, 3.63) is 53.6 Å². The first-order valence-electron chi connectivity index (χ1n) is 4.94. The second-order valence-corrected chi connectivity index (χ2v) is 3.38. The Morgan fingerprint density at radius 1 is 1.20 bits per heavy atom. The molecule has 0 fully saturated rings. The van der Waals surface area contributed by atoms with Gasteiger partial charge in [0.2, 0.25) is 0 Å². The Balaban J connectivity index is 0.00000112. The molecule has 1 heterocycles. The molecule has 80 valence electrons. The molecule has 0 aliphatic carbocycles. The van der Waals surface area contributed by atoms with Crippen molar-refractivity contribution in [3.8, 4) is 0 Å². The molecule has 1 aromatic carbocycles. The minimum absolute atomic E-state index is 0. The summed E-state index contributed by atoms with van der Waals surface area (Å²) < 4.78 is 0. The number of nitrogens with one attached hydrogen (secondary N) is 1. The topological polar surface area (TPSA) is 28.7 Å². The van der Waals surface area contributed by atoms with Crippen LogP contribution in [0, 0.1) is 0 Å². The van der Waals surface area contributed by atoms with Crippen LogP contribution >= 0.6 is 12.4 Å². The first-order valence-corrected chi connectivity index (χ1v) is 4.94. The Morgan fingerprint density at radius 2 is 1.93 bits per heavy atom. The average Bonchev–Trinajstić information content (AvgIpc) is 2.71. The first-order chi connectivity index (χ1) is 6.90. The smallest absolute Gasteiger partial charge is 0.0921 e. The summed E-state index contributed by atoms with van der Waals surface area (Å²) in [5.41, 5.74) is 3.98. The molecule has 2 aromatic rings. The van der Waals surface area contributed by atoms with Gasteiger partial charge in [0.25, 0.3) is 0 Å². The molecule has 1 aromatic heterocycles. The van der Waals surface area contributed by atoms with Crippen LogP contribution in [-0.2, 0) is 12.8 Å². The van der Waals surface area contributed by atoms with E-state index in [9.17, 15) is 0 Å². The third-order valence-electron chi connectivity index (χ3n) is 2.44. The molecule has 0 atom stereocenters. The molecule has 0 amide bonds. The third-order valence-corrected chi connectivity index (χ3v) is 2.44. The number of benzene rings is 1. The number of nitrogens with zero attached hydrogens (tertiary/aromatic N) is 1. The molecule has 0 radical (unpaired) electrons. The monoisotopic (exact) mass is 222 g/mol. The van der Waals surface area contributed by atoms with E-state index in [1.54, 1.807) is 6.33 Å². The average molecular weight is 223 g/mol. The van der Waals surface area contributed by atoms with E-state index in [4.69, 9.17) is 0 Å². The predicted molar refractivity (Wildman–Crippen MR) is 64.5 cm³/mol. The molecule has 0 bridgehead atoms. The number of hydrogen-bond acceptors (Lipinski definition) is 1. The van der Waals surface area contributed by atoms with E-state index in [1.807, 2.05) is 6.20 Å². The number of aromatic amines is 1. The molecule has 0 saturated carbocycles. The molecule has 0 aliphatic rings. The van der Waals surface area contributed by atoms with E-state index < -0.39 is 0 Å². The molecule has 0 spiro atoms. The first kappa shape index (κ1) is 11.8. The lowest BCUT2D eigenvalue weighted by Crippen LogP contribution is -1.94. The number of hydrogen-bond donors (Lipinski definition) is 1. The maximum atomic E-state index is 4.02. The van der Waals surface area contributed by atoms with Crippen molar-refractivity contribution in [2.45, 2.75) is 19.8 Å². The van der Waals surface area contributed by atoms with Gasteiger partial charge >= 0.3 is 0 Å². The van der Waals surface area contributed by atoms with Gasteiger partial charge in [-0.05, 0) is 17.5 Å². The van der Waals surface area contributed by atoms with E-state index in [-0.39, 0.29) is 12.4 Å². The zero-order valence-corrected chi connectivity index (χ0v) is 9.55. The predicted octanol–water partition coefficient (Wildman–Crippen LogP) is 2.98. The summed E-state index contributed by atoms with van der Waals surface area (Å²) in [6.45, 7) is 2.19. The summed E-state index contributed by atoms with van der Waals surface area (Å²) in [6.07, 6.45) is 5.64. The minimum atomic E-state index is 0. The van der Waals surface area contributed by atoms with Crippen LogP contribution in [0.4, 0.5) is 0 Å². The highest BCUT2D eigenvalue weighted by Crippen LogP contribution is 2.13. The highest BCUT2D eigenvalue weighted by Gasteiger charge is 2.01. The molecular weight excluding hydrogens is 208 g/mol. The van der Waals surface area contributed by atoms with Crippen molar-refractivity contribution in [1.82, 2.24) is 9.97 Å². The van der Waals surface area contributed by atoms with Crippen LogP contribution in [-0.4, -0.2) is 9.97 Å². The summed E-state index contributed by atoms with van der Waals surface area (Å²) in [5, 5.41) is 0. The van der Waals surface area contributed by atoms with Crippen molar-refractivity contribution < 1.29 is 0 Å². The van der Waals surface area contributed by atoms with Gasteiger partial charge in [0.15, 0.2) is 0 Å². The van der Waals surface area contributed by atoms with Crippen LogP contribution in [0.1, 0.15) is 23.7 Å². The lowest BCUT2D eigenvalue weighted by Gasteiger charge is -2.05. The lowest BCUT2D eigenvalue weighted by atomic mass is 10.0.